The maximum Gasteiger partial charge on any atom is 0.342 e. The smallest absolute Gasteiger partial charge is 0.342 e. The molecule has 0 aliphatic carbocycles. The molecular formula is C20H25N3O8S2. The van der Waals surface area contributed by atoms with Crippen molar-refractivity contribution in [3.05, 3.63) is 46.4 Å². The number of nitrogens with zero attached hydrogens (tertiary/aromatic N) is 2. The first-order chi connectivity index (χ1) is 15.3. The van der Waals surface area contributed by atoms with Crippen molar-refractivity contribution in [2.75, 3.05) is 33.3 Å². The molecule has 11 nitrogen and oxygen atoms in total. The number of piperazine rings is 1. The molecule has 0 spiro atoms. The molecule has 1 aromatic carbocycles. The Morgan fingerprint density at radius 3 is 2.00 bits per heavy atom. The van der Waals surface area contributed by atoms with Gasteiger partial charge < -0.3 is 14.9 Å². The highest BCUT2D eigenvalue weighted by molar-refractivity contribution is 7.89. The third-order valence-corrected chi connectivity index (χ3v) is 9.45. The lowest BCUT2D eigenvalue weighted by atomic mass is 10.1. The quantitative estimate of drug-likeness (QED) is 0.571. The van der Waals surface area contributed by atoms with Gasteiger partial charge in [0.25, 0.3) is 0 Å². The van der Waals surface area contributed by atoms with Crippen LogP contribution in [0.2, 0.25) is 0 Å². The minimum absolute atomic E-state index is 0.0431. The zero-order valence-electron chi connectivity index (χ0n) is 18.6. The Morgan fingerprint density at radius 2 is 1.48 bits per heavy atom. The van der Waals surface area contributed by atoms with Crippen LogP contribution in [-0.4, -0.2) is 70.6 Å². The zero-order valence-corrected chi connectivity index (χ0v) is 20.2. The average molecular weight is 500 g/mol. The van der Waals surface area contributed by atoms with Crippen LogP contribution in [0.4, 0.5) is 0 Å². The molecule has 13 heteroatoms. The molecule has 1 saturated heterocycles. The number of rotatable bonds is 6. The van der Waals surface area contributed by atoms with E-state index in [9.17, 15) is 26.4 Å². The van der Waals surface area contributed by atoms with Gasteiger partial charge in [-0.1, -0.05) is 6.07 Å². The lowest BCUT2D eigenvalue weighted by molar-refractivity contribution is 0.0594. The number of hydrogen-bond acceptors (Lipinski definition) is 8. The number of sulfonamides is 2. The summed E-state index contributed by atoms with van der Waals surface area (Å²) < 4.78 is 65.0. The summed E-state index contributed by atoms with van der Waals surface area (Å²) in [7, 11) is -7.01. The Labute approximate surface area is 192 Å². The fraction of sp³-hybridized carbons (Fsp3) is 0.400. The summed E-state index contributed by atoms with van der Waals surface area (Å²) >= 11 is 0. The van der Waals surface area contributed by atoms with Crippen LogP contribution in [0.3, 0.4) is 0 Å². The first-order valence-electron chi connectivity index (χ1n) is 9.91. The summed E-state index contributed by atoms with van der Waals surface area (Å²) in [5.41, 5.74) is 5.79. The Balaban J connectivity index is 1.86. The van der Waals surface area contributed by atoms with E-state index in [0.717, 1.165) is 15.7 Å². The summed E-state index contributed by atoms with van der Waals surface area (Å²) in [5.74, 6) is -1.42. The second-order valence-corrected chi connectivity index (χ2v) is 11.4. The van der Waals surface area contributed by atoms with E-state index in [4.69, 9.17) is 14.9 Å². The molecule has 180 valence electrons. The van der Waals surface area contributed by atoms with Crippen LogP contribution in [0.5, 0.6) is 0 Å². The summed E-state index contributed by atoms with van der Waals surface area (Å²) in [4.78, 5) is 23.4. The number of carbonyl (C=O) groups excluding carboxylic acids is 2. The number of hydrogen-bond donors (Lipinski definition) is 1. The van der Waals surface area contributed by atoms with Gasteiger partial charge in [0.05, 0.1) is 12.0 Å². The van der Waals surface area contributed by atoms with E-state index in [-0.39, 0.29) is 58.6 Å². The predicted molar refractivity (Wildman–Crippen MR) is 117 cm³/mol. The molecule has 2 heterocycles. The monoisotopic (exact) mass is 499 g/mol. The summed E-state index contributed by atoms with van der Waals surface area (Å²) in [5, 5.41) is 0. The van der Waals surface area contributed by atoms with Crippen LogP contribution in [0.25, 0.3) is 0 Å². The molecule has 2 aromatic rings. The van der Waals surface area contributed by atoms with E-state index >= 15 is 0 Å². The van der Waals surface area contributed by atoms with Crippen LogP contribution < -0.4 is 5.73 Å². The molecule has 1 aliphatic heterocycles. The third kappa shape index (κ3) is 4.40. The normalized spacial score (nSPS) is 16.0. The molecular weight excluding hydrogens is 474 g/mol. The lowest BCUT2D eigenvalue weighted by Crippen LogP contribution is -2.50. The van der Waals surface area contributed by atoms with E-state index < -0.39 is 31.9 Å². The van der Waals surface area contributed by atoms with Crippen molar-refractivity contribution in [3.8, 4) is 0 Å². The van der Waals surface area contributed by atoms with Crippen LogP contribution in [-0.2, 0) is 24.8 Å². The topological polar surface area (TPSA) is 157 Å². The van der Waals surface area contributed by atoms with Crippen molar-refractivity contribution in [3.63, 3.8) is 0 Å². The number of nitrogens with two attached hydrogens (primary N) is 1. The Hall–Kier alpha value is -2.74. The number of aryl methyl sites for hydroxylation is 3. The number of esters is 1. The largest absolute Gasteiger partial charge is 0.465 e. The Morgan fingerprint density at radius 1 is 0.939 bits per heavy atom. The molecule has 33 heavy (non-hydrogen) atoms. The molecule has 0 bridgehead atoms. The van der Waals surface area contributed by atoms with Gasteiger partial charge in [-0.25, -0.2) is 21.6 Å². The van der Waals surface area contributed by atoms with Crippen molar-refractivity contribution in [1.82, 2.24) is 8.61 Å². The molecule has 0 unspecified atom stereocenters. The molecule has 1 aromatic heterocycles. The van der Waals surface area contributed by atoms with E-state index in [1.54, 1.807) is 6.92 Å². The molecule has 0 saturated carbocycles. The molecule has 0 radical (unpaired) electrons. The minimum Gasteiger partial charge on any atom is -0.465 e. The highest BCUT2D eigenvalue weighted by Gasteiger charge is 2.39. The minimum atomic E-state index is -4.16. The van der Waals surface area contributed by atoms with Crippen molar-refractivity contribution >= 4 is 31.9 Å². The Kier molecular flexibility index (Phi) is 6.71. The van der Waals surface area contributed by atoms with Crippen molar-refractivity contribution in [2.24, 2.45) is 5.73 Å². The number of benzene rings is 1. The maximum absolute atomic E-state index is 13.3. The van der Waals surface area contributed by atoms with Gasteiger partial charge in [-0.05, 0) is 38.5 Å². The fourth-order valence-electron chi connectivity index (χ4n) is 3.77. The molecule has 3 rings (SSSR count). The lowest BCUT2D eigenvalue weighted by Gasteiger charge is -2.33. The fourth-order valence-corrected chi connectivity index (χ4v) is 7.01. The second-order valence-electron chi connectivity index (χ2n) is 7.56. The molecule has 1 aliphatic rings. The number of furan rings is 1. The van der Waals surface area contributed by atoms with Gasteiger partial charge in [-0.15, -0.1) is 0 Å². The zero-order chi connectivity index (χ0) is 24.7. The third-order valence-electron chi connectivity index (χ3n) is 5.50. The number of ether oxygens (including phenoxy) is 1. The summed E-state index contributed by atoms with van der Waals surface area (Å²) in [6, 6.07) is 4.09. The van der Waals surface area contributed by atoms with E-state index in [1.807, 2.05) is 0 Å². The van der Waals surface area contributed by atoms with Crippen LogP contribution >= 0.6 is 0 Å². The molecule has 2 N–H and O–H groups in total. The highest BCUT2D eigenvalue weighted by Crippen LogP contribution is 2.31. The molecule has 1 fully saturated rings. The number of amides is 1. The van der Waals surface area contributed by atoms with Crippen molar-refractivity contribution in [1.29, 1.82) is 0 Å². The first kappa shape index (κ1) is 24.9. The second kappa shape index (κ2) is 8.89. The Bertz CT molecular complexity index is 1320. The summed E-state index contributed by atoms with van der Waals surface area (Å²) in [6.07, 6.45) is 0. The van der Waals surface area contributed by atoms with Crippen molar-refractivity contribution < 1.29 is 35.6 Å². The van der Waals surface area contributed by atoms with Gasteiger partial charge in [0.15, 0.2) is 0 Å². The highest BCUT2D eigenvalue weighted by atomic mass is 32.2. The van der Waals surface area contributed by atoms with Gasteiger partial charge in [0.2, 0.25) is 26.0 Å². The predicted octanol–water partition coefficient (Wildman–Crippen LogP) is 0.786. The van der Waals surface area contributed by atoms with Crippen LogP contribution in [0.1, 0.15) is 37.8 Å². The van der Waals surface area contributed by atoms with Gasteiger partial charge >= 0.3 is 5.97 Å². The number of primary amides is 1. The van der Waals surface area contributed by atoms with Crippen molar-refractivity contribution in [2.45, 2.75) is 30.6 Å². The van der Waals surface area contributed by atoms with E-state index in [2.05, 4.69) is 0 Å². The molecule has 0 atom stereocenters. The van der Waals surface area contributed by atoms with Gasteiger partial charge in [0.1, 0.15) is 22.0 Å². The SMILES string of the molecule is COC(=O)c1c(C)oc(C)c1S(=O)(=O)N1CCN(S(=O)(=O)c2ccc(C)c(C(N)=O)c2)CC1. The number of methoxy groups -OCH3 is 1. The van der Waals surface area contributed by atoms with Gasteiger partial charge in [0, 0.05) is 31.7 Å². The average Bonchev–Trinajstić information content (AvgIpc) is 3.07. The summed E-state index contributed by atoms with van der Waals surface area (Å²) in [6.45, 7) is 4.02. The molecule has 1 amide bonds. The maximum atomic E-state index is 13.3. The number of carbonyl (C=O) groups is 2. The van der Waals surface area contributed by atoms with E-state index in [1.165, 1.54) is 32.0 Å². The van der Waals surface area contributed by atoms with Gasteiger partial charge in [-0.2, -0.15) is 8.61 Å². The van der Waals surface area contributed by atoms with Gasteiger partial charge in [-0.3, -0.25) is 4.79 Å². The van der Waals surface area contributed by atoms with E-state index in [0.29, 0.717) is 5.56 Å². The first-order valence-corrected chi connectivity index (χ1v) is 12.8. The van der Waals surface area contributed by atoms with Crippen LogP contribution in [0, 0.1) is 20.8 Å². The standard InChI is InChI=1S/C20H25N3O8S2/c1-12-5-6-15(11-16(12)19(21)24)32(26,27)22-7-9-23(10-8-22)33(28,29)18-14(3)31-13(2)17(18)20(25)30-4/h5-6,11H,7-10H2,1-4H3,(H2,21,24). The van der Waals surface area contributed by atoms with Crippen LogP contribution in [0.15, 0.2) is 32.4 Å².